The van der Waals surface area contributed by atoms with Crippen LogP contribution in [-0.4, -0.2) is 15.8 Å². The Labute approximate surface area is 102 Å². The number of aromatic nitrogens is 1. The van der Waals surface area contributed by atoms with Gasteiger partial charge in [0.25, 0.3) is 11.6 Å². The molecule has 1 amide bonds. The van der Waals surface area contributed by atoms with Crippen LogP contribution in [0, 0.1) is 10.1 Å². The first-order valence-electron chi connectivity index (χ1n) is 5.13. The number of rotatable bonds is 3. The van der Waals surface area contributed by atoms with Crippen molar-refractivity contribution in [2.45, 2.75) is 0 Å². The highest BCUT2D eigenvalue weighted by Gasteiger charge is 2.18. The summed E-state index contributed by atoms with van der Waals surface area (Å²) in [4.78, 5) is 25.9. The van der Waals surface area contributed by atoms with E-state index in [1.807, 2.05) is 0 Å². The normalized spacial score (nSPS) is 9.78. The first kappa shape index (κ1) is 11.7. The molecular weight excluding hydrogens is 234 g/mol. The fourth-order valence-corrected chi connectivity index (χ4v) is 1.46. The van der Waals surface area contributed by atoms with E-state index in [0.29, 0.717) is 5.69 Å². The number of hydrogen-bond donors (Lipinski definition) is 1. The van der Waals surface area contributed by atoms with Crippen LogP contribution in [-0.2, 0) is 0 Å². The number of hydrogen-bond acceptors (Lipinski definition) is 4. The lowest BCUT2D eigenvalue weighted by Gasteiger charge is -2.04. The third-order valence-corrected chi connectivity index (χ3v) is 2.26. The first-order valence-corrected chi connectivity index (χ1v) is 5.13. The molecule has 0 atom stereocenters. The smallest absolute Gasteiger partial charge is 0.282 e. The summed E-state index contributed by atoms with van der Waals surface area (Å²) >= 11 is 0. The maximum Gasteiger partial charge on any atom is 0.282 e. The molecule has 1 N–H and O–H groups in total. The Kier molecular flexibility index (Phi) is 3.29. The molecule has 0 saturated heterocycles. The van der Waals surface area contributed by atoms with Crippen molar-refractivity contribution in [3.05, 3.63) is 64.5 Å². The zero-order valence-corrected chi connectivity index (χ0v) is 9.24. The summed E-state index contributed by atoms with van der Waals surface area (Å²) in [6.07, 6.45) is 3.04. The van der Waals surface area contributed by atoms with E-state index < -0.39 is 10.8 Å². The SMILES string of the molecule is O=C(Nc1cccnc1)c1ccccc1[N+](=O)[O-]. The van der Waals surface area contributed by atoms with Gasteiger partial charge in [0.05, 0.1) is 16.8 Å². The number of amides is 1. The van der Waals surface area contributed by atoms with Crippen molar-refractivity contribution in [3.8, 4) is 0 Å². The summed E-state index contributed by atoms with van der Waals surface area (Å²) in [5.74, 6) is -0.532. The molecule has 0 fully saturated rings. The van der Waals surface area contributed by atoms with Crippen molar-refractivity contribution in [2.24, 2.45) is 0 Å². The lowest BCUT2D eigenvalue weighted by molar-refractivity contribution is -0.385. The Morgan fingerprint density at radius 3 is 2.67 bits per heavy atom. The van der Waals surface area contributed by atoms with Gasteiger partial charge in [-0.1, -0.05) is 12.1 Å². The van der Waals surface area contributed by atoms with Crippen LogP contribution in [0.4, 0.5) is 11.4 Å². The Morgan fingerprint density at radius 1 is 1.22 bits per heavy atom. The molecule has 6 nitrogen and oxygen atoms in total. The van der Waals surface area contributed by atoms with Crippen LogP contribution in [0.5, 0.6) is 0 Å². The number of para-hydroxylation sites is 1. The predicted molar refractivity (Wildman–Crippen MR) is 65.3 cm³/mol. The number of carbonyl (C=O) groups is 1. The van der Waals surface area contributed by atoms with Crippen molar-refractivity contribution in [3.63, 3.8) is 0 Å². The number of benzene rings is 1. The molecule has 0 aliphatic rings. The summed E-state index contributed by atoms with van der Waals surface area (Å²) in [5.41, 5.74) is 0.283. The fraction of sp³-hybridized carbons (Fsp3) is 0. The quantitative estimate of drug-likeness (QED) is 0.661. The van der Waals surface area contributed by atoms with Crippen LogP contribution < -0.4 is 5.32 Å². The minimum absolute atomic E-state index is 0.0198. The van der Waals surface area contributed by atoms with Gasteiger partial charge in [0.2, 0.25) is 0 Å². The molecule has 0 aliphatic heterocycles. The van der Waals surface area contributed by atoms with E-state index in [0.717, 1.165) is 0 Å². The summed E-state index contributed by atoms with van der Waals surface area (Å²) in [7, 11) is 0. The van der Waals surface area contributed by atoms with Crippen LogP contribution in [0.25, 0.3) is 0 Å². The highest BCUT2D eigenvalue weighted by Crippen LogP contribution is 2.18. The molecule has 0 bridgehead atoms. The molecule has 2 aromatic rings. The second-order valence-corrected chi connectivity index (χ2v) is 3.47. The number of pyridine rings is 1. The third-order valence-electron chi connectivity index (χ3n) is 2.26. The van der Waals surface area contributed by atoms with Crippen molar-refractivity contribution in [1.82, 2.24) is 4.98 Å². The Balaban J connectivity index is 2.27. The molecule has 0 spiro atoms. The monoisotopic (exact) mass is 243 g/mol. The minimum atomic E-state index is -0.585. The summed E-state index contributed by atoms with van der Waals surface area (Å²) in [5, 5.41) is 13.3. The van der Waals surface area contributed by atoms with Gasteiger partial charge in [-0.25, -0.2) is 0 Å². The minimum Gasteiger partial charge on any atom is -0.320 e. The van der Waals surface area contributed by atoms with E-state index in [-0.39, 0.29) is 11.3 Å². The molecule has 18 heavy (non-hydrogen) atoms. The van der Waals surface area contributed by atoms with Gasteiger partial charge in [-0.15, -0.1) is 0 Å². The topological polar surface area (TPSA) is 85.1 Å². The van der Waals surface area contributed by atoms with Crippen molar-refractivity contribution < 1.29 is 9.72 Å². The van der Waals surface area contributed by atoms with E-state index in [1.54, 1.807) is 24.4 Å². The first-order chi connectivity index (χ1) is 8.68. The number of nitro groups is 1. The van der Waals surface area contributed by atoms with Crippen LogP contribution in [0.2, 0.25) is 0 Å². The van der Waals surface area contributed by atoms with E-state index in [1.165, 1.54) is 24.4 Å². The average molecular weight is 243 g/mol. The molecule has 1 aromatic heterocycles. The molecule has 1 aromatic carbocycles. The van der Waals surface area contributed by atoms with Gasteiger partial charge in [-0.05, 0) is 18.2 Å². The standard InChI is InChI=1S/C12H9N3O3/c16-12(14-9-4-3-7-13-8-9)10-5-1-2-6-11(10)15(17)18/h1-8H,(H,14,16). The third kappa shape index (κ3) is 2.49. The molecule has 0 saturated carbocycles. The van der Waals surface area contributed by atoms with E-state index >= 15 is 0 Å². The molecule has 6 heteroatoms. The van der Waals surface area contributed by atoms with Gasteiger partial charge in [-0.3, -0.25) is 19.9 Å². The van der Waals surface area contributed by atoms with Gasteiger partial charge in [0.1, 0.15) is 5.56 Å². The zero-order chi connectivity index (χ0) is 13.0. The predicted octanol–water partition coefficient (Wildman–Crippen LogP) is 2.24. The molecule has 0 unspecified atom stereocenters. The second-order valence-electron chi connectivity index (χ2n) is 3.47. The highest BCUT2D eigenvalue weighted by molar-refractivity contribution is 6.06. The maximum atomic E-state index is 11.9. The van der Waals surface area contributed by atoms with E-state index in [4.69, 9.17) is 0 Å². The molecule has 0 radical (unpaired) electrons. The summed E-state index contributed by atoms with van der Waals surface area (Å²) in [6, 6.07) is 9.10. The molecule has 90 valence electrons. The lowest BCUT2D eigenvalue weighted by atomic mass is 10.1. The van der Waals surface area contributed by atoms with Gasteiger partial charge < -0.3 is 5.32 Å². The van der Waals surface area contributed by atoms with Gasteiger partial charge >= 0.3 is 0 Å². The maximum absolute atomic E-state index is 11.9. The summed E-state index contributed by atoms with van der Waals surface area (Å²) < 4.78 is 0. The summed E-state index contributed by atoms with van der Waals surface area (Å²) in [6.45, 7) is 0. The van der Waals surface area contributed by atoms with Crippen LogP contribution in [0.15, 0.2) is 48.8 Å². The molecule has 2 rings (SSSR count). The Bertz CT molecular complexity index is 584. The molecule has 0 aliphatic carbocycles. The van der Waals surface area contributed by atoms with Gasteiger partial charge in [0.15, 0.2) is 0 Å². The number of nitrogens with zero attached hydrogens (tertiary/aromatic N) is 2. The second kappa shape index (κ2) is 5.05. The number of anilines is 1. The van der Waals surface area contributed by atoms with Gasteiger partial charge in [0, 0.05) is 12.3 Å². The van der Waals surface area contributed by atoms with Crippen LogP contribution >= 0.6 is 0 Å². The zero-order valence-electron chi connectivity index (χ0n) is 9.24. The van der Waals surface area contributed by atoms with Crippen molar-refractivity contribution >= 4 is 17.3 Å². The highest BCUT2D eigenvalue weighted by atomic mass is 16.6. The van der Waals surface area contributed by atoms with Crippen LogP contribution in [0.1, 0.15) is 10.4 Å². The largest absolute Gasteiger partial charge is 0.320 e. The Hall–Kier alpha value is -2.76. The van der Waals surface area contributed by atoms with Gasteiger partial charge in [-0.2, -0.15) is 0 Å². The van der Waals surface area contributed by atoms with Crippen molar-refractivity contribution in [1.29, 1.82) is 0 Å². The molecular formula is C12H9N3O3. The van der Waals surface area contributed by atoms with E-state index in [9.17, 15) is 14.9 Å². The number of nitro benzene ring substituents is 1. The lowest BCUT2D eigenvalue weighted by Crippen LogP contribution is -2.13. The molecule has 1 heterocycles. The van der Waals surface area contributed by atoms with Crippen LogP contribution in [0.3, 0.4) is 0 Å². The Morgan fingerprint density at radius 2 is 2.00 bits per heavy atom. The number of nitrogens with one attached hydrogen (secondary N) is 1. The number of carbonyl (C=O) groups excluding carboxylic acids is 1. The van der Waals surface area contributed by atoms with E-state index in [2.05, 4.69) is 10.3 Å². The fourth-order valence-electron chi connectivity index (χ4n) is 1.46. The average Bonchev–Trinajstić information content (AvgIpc) is 2.40. The van der Waals surface area contributed by atoms with Crippen molar-refractivity contribution in [2.75, 3.05) is 5.32 Å².